The van der Waals surface area contributed by atoms with Crippen molar-refractivity contribution in [2.75, 3.05) is 11.9 Å². The van der Waals surface area contributed by atoms with E-state index in [0.717, 1.165) is 11.9 Å². The average Bonchev–Trinajstić information content (AvgIpc) is 2.38. The zero-order valence-corrected chi connectivity index (χ0v) is 10.2. The molecule has 0 aliphatic rings. The summed E-state index contributed by atoms with van der Waals surface area (Å²) in [7, 11) is 1.76. The fourth-order valence-corrected chi connectivity index (χ4v) is 1.59. The van der Waals surface area contributed by atoms with Crippen molar-refractivity contribution >= 4 is 28.9 Å². The fourth-order valence-electron chi connectivity index (χ4n) is 1.40. The minimum Gasteiger partial charge on any atom is -0.314 e. The standard InChI is InChI=1S/C11H9ClN4O2/c1-15(8-5-3-2-4-6-8)11-13-7-9(16(17)18)10(12)14-11/h2-7H,1H3. The number of anilines is 2. The first-order valence-electron chi connectivity index (χ1n) is 5.05. The molecule has 1 aromatic carbocycles. The number of benzene rings is 1. The highest BCUT2D eigenvalue weighted by Crippen LogP contribution is 2.25. The van der Waals surface area contributed by atoms with E-state index in [2.05, 4.69) is 9.97 Å². The van der Waals surface area contributed by atoms with Crippen LogP contribution in [0.4, 0.5) is 17.3 Å². The molecular weight excluding hydrogens is 256 g/mol. The molecule has 0 saturated heterocycles. The van der Waals surface area contributed by atoms with Crippen molar-refractivity contribution in [1.82, 2.24) is 9.97 Å². The van der Waals surface area contributed by atoms with Gasteiger partial charge in [0.25, 0.3) is 0 Å². The first kappa shape index (κ1) is 12.3. The molecule has 0 unspecified atom stereocenters. The Balaban J connectivity index is 2.35. The summed E-state index contributed by atoms with van der Waals surface area (Å²) in [5.74, 6) is 0.303. The topological polar surface area (TPSA) is 72.2 Å². The molecule has 0 radical (unpaired) electrons. The van der Waals surface area contributed by atoms with E-state index in [0.29, 0.717) is 5.95 Å². The molecule has 92 valence electrons. The van der Waals surface area contributed by atoms with E-state index in [9.17, 15) is 10.1 Å². The van der Waals surface area contributed by atoms with Crippen LogP contribution in [0, 0.1) is 10.1 Å². The molecule has 7 heteroatoms. The highest BCUT2D eigenvalue weighted by molar-refractivity contribution is 6.31. The molecule has 18 heavy (non-hydrogen) atoms. The van der Waals surface area contributed by atoms with Gasteiger partial charge in [-0.1, -0.05) is 29.8 Å². The lowest BCUT2D eigenvalue weighted by molar-refractivity contribution is -0.385. The van der Waals surface area contributed by atoms with Crippen molar-refractivity contribution in [2.24, 2.45) is 0 Å². The summed E-state index contributed by atoms with van der Waals surface area (Å²) >= 11 is 5.74. The van der Waals surface area contributed by atoms with Gasteiger partial charge in [-0.15, -0.1) is 0 Å². The van der Waals surface area contributed by atoms with E-state index in [-0.39, 0.29) is 10.8 Å². The van der Waals surface area contributed by atoms with Crippen LogP contribution >= 0.6 is 11.6 Å². The Hall–Kier alpha value is -2.21. The summed E-state index contributed by atoms with van der Waals surface area (Å²) in [5, 5.41) is 10.4. The highest BCUT2D eigenvalue weighted by Gasteiger charge is 2.17. The predicted molar refractivity (Wildman–Crippen MR) is 68.2 cm³/mol. The van der Waals surface area contributed by atoms with Crippen LogP contribution in [-0.2, 0) is 0 Å². The van der Waals surface area contributed by atoms with Crippen molar-refractivity contribution in [3.8, 4) is 0 Å². The molecule has 2 aromatic rings. The van der Waals surface area contributed by atoms with Crippen LogP contribution in [0.25, 0.3) is 0 Å². The lowest BCUT2D eigenvalue weighted by Gasteiger charge is -2.16. The quantitative estimate of drug-likeness (QED) is 0.484. The normalized spacial score (nSPS) is 10.1. The molecule has 0 saturated carbocycles. The summed E-state index contributed by atoms with van der Waals surface area (Å²) in [6, 6.07) is 9.38. The van der Waals surface area contributed by atoms with Gasteiger partial charge in [-0.2, -0.15) is 4.98 Å². The van der Waals surface area contributed by atoms with E-state index in [4.69, 9.17) is 11.6 Å². The molecule has 0 atom stereocenters. The third-order valence-electron chi connectivity index (χ3n) is 2.35. The highest BCUT2D eigenvalue weighted by atomic mass is 35.5. The molecule has 1 heterocycles. The van der Waals surface area contributed by atoms with E-state index in [1.807, 2.05) is 30.3 Å². The molecule has 6 nitrogen and oxygen atoms in total. The number of nitrogens with zero attached hydrogens (tertiary/aromatic N) is 4. The van der Waals surface area contributed by atoms with Gasteiger partial charge in [0, 0.05) is 12.7 Å². The Morgan fingerprint density at radius 1 is 1.33 bits per heavy atom. The Bertz CT molecular complexity index is 577. The van der Waals surface area contributed by atoms with Gasteiger partial charge >= 0.3 is 5.69 Å². The molecule has 0 bridgehead atoms. The molecule has 0 amide bonds. The molecule has 2 rings (SSSR count). The Morgan fingerprint density at radius 2 is 2.00 bits per heavy atom. The SMILES string of the molecule is CN(c1ccccc1)c1ncc([N+](=O)[O-])c(Cl)n1. The number of hydrogen-bond acceptors (Lipinski definition) is 5. The minimum absolute atomic E-state index is 0.173. The molecule has 1 aromatic heterocycles. The molecule has 0 spiro atoms. The number of halogens is 1. The number of para-hydroxylation sites is 1. The average molecular weight is 265 g/mol. The lowest BCUT2D eigenvalue weighted by Crippen LogP contribution is -2.13. The van der Waals surface area contributed by atoms with Gasteiger partial charge in [0.15, 0.2) is 0 Å². The predicted octanol–water partition coefficient (Wildman–Crippen LogP) is 2.81. The summed E-state index contributed by atoms with van der Waals surface area (Å²) in [6.45, 7) is 0. The first-order valence-corrected chi connectivity index (χ1v) is 5.43. The van der Waals surface area contributed by atoms with Gasteiger partial charge in [0.05, 0.1) is 4.92 Å². The molecule has 0 fully saturated rings. The molecule has 0 N–H and O–H groups in total. The number of hydrogen-bond donors (Lipinski definition) is 0. The van der Waals surface area contributed by atoms with Crippen LogP contribution in [0.2, 0.25) is 5.15 Å². The molecular formula is C11H9ClN4O2. The van der Waals surface area contributed by atoms with Crippen molar-refractivity contribution in [3.05, 3.63) is 51.8 Å². The largest absolute Gasteiger partial charge is 0.324 e. The van der Waals surface area contributed by atoms with Crippen LogP contribution in [0.15, 0.2) is 36.5 Å². The second kappa shape index (κ2) is 4.97. The Labute approximate surface area is 108 Å². The third-order valence-corrected chi connectivity index (χ3v) is 2.63. The van der Waals surface area contributed by atoms with E-state index >= 15 is 0 Å². The van der Waals surface area contributed by atoms with Crippen molar-refractivity contribution < 1.29 is 4.92 Å². The van der Waals surface area contributed by atoms with Gasteiger partial charge in [-0.3, -0.25) is 10.1 Å². The van der Waals surface area contributed by atoms with Crippen LogP contribution in [-0.4, -0.2) is 21.9 Å². The van der Waals surface area contributed by atoms with Crippen molar-refractivity contribution in [2.45, 2.75) is 0 Å². The Morgan fingerprint density at radius 3 is 2.56 bits per heavy atom. The lowest BCUT2D eigenvalue weighted by atomic mass is 10.3. The maximum absolute atomic E-state index is 10.6. The van der Waals surface area contributed by atoms with Crippen LogP contribution in [0.1, 0.15) is 0 Å². The van der Waals surface area contributed by atoms with E-state index < -0.39 is 4.92 Å². The second-order valence-electron chi connectivity index (χ2n) is 3.50. The zero-order chi connectivity index (χ0) is 13.1. The smallest absolute Gasteiger partial charge is 0.314 e. The zero-order valence-electron chi connectivity index (χ0n) is 9.45. The van der Waals surface area contributed by atoms with Gasteiger partial charge in [0.2, 0.25) is 11.1 Å². The van der Waals surface area contributed by atoms with Gasteiger partial charge in [-0.25, -0.2) is 4.98 Å². The van der Waals surface area contributed by atoms with Crippen molar-refractivity contribution in [1.29, 1.82) is 0 Å². The van der Waals surface area contributed by atoms with Gasteiger partial charge < -0.3 is 4.90 Å². The molecule has 0 aliphatic carbocycles. The number of aromatic nitrogens is 2. The summed E-state index contributed by atoms with van der Waals surface area (Å²) in [6.07, 6.45) is 1.10. The van der Waals surface area contributed by atoms with Gasteiger partial charge in [-0.05, 0) is 12.1 Å². The fraction of sp³-hybridized carbons (Fsp3) is 0.0909. The van der Waals surface area contributed by atoms with Gasteiger partial charge in [0.1, 0.15) is 6.20 Å². The maximum Gasteiger partial charge on any atom is 0.324 e. The Kier molecular flexibility index (Phi) is 3.38. The van der Waals surface area contributed by atoms with Crippen molar-refractivity contribution in [3.63, 3.8) is 0 Å². The first-order chi connectivity index (χ1) is 8.59. The third kappa shape index (κ3) is 2.38. The van der Waals surface area contributed by atoms with Crippen LogP contribution < -0.4 is 4.90 Å². The van der Waals surface area contributed by atoms with E-state index in [1.54, 1.807) is 11.9 Å². The summed E-state index contributed by atoms with van der Waals surface area (Å²) < 4.78 is 0. The number of nitro groups is 1. The van der Waals surface area contributed by atoms with Crippen LogP contribution in [0.5, 0.6) is 0 Å². The summed E-state index contributed by atoms with van der Waals surface area (Å²) in [4.78, 5) is 19.5. The monoisotopic (exact) mass is 264 g/mol. The van der Waals surface area contributed by atoms with E-state index in [1.165, 1.54) is 0 Å². The maximum atomic E-state index is 10.6. The molecule has 0 aliphatic heterocycles. The summed E-state index contributed by atoms with van der Waals surface area (Å²) in [5.41, 5.74) is 0.560. The number of rotatable bonds is 3. The second-order valence-corrected chi connectivity index (χ2v) is 3.86. The minimum atomic E-state index is -0.616. The van der Waals surface area contributed by atoms with Crippen LogP contribution in [0.3, 0.4) is 0 Å².